The zero-order valence-electron chi connectivity index (χ0n) is 14.3. The van der Waals surface area contributed by atoms with Gasteiger partial charge in [0.1, 0.15) is 0 Å². The molecular formula is C20H27ClN2. The van der Waals surface area contributed by atoms with Gasteiger partial charge in [-0.1, -0.05) is 43.3 Å². The fourth-order valence-electron chi connectivity index (χ4n) is 3.56. The van der Waals surface area contributed by atoms with E-state index in [-0.39, 0.29) is 12.4 Å². The number of nitrogens with zero attached hydrogens (tertiary/aromatic N) is 2. The van der Waals surface area contributed by atoms with Gasteiger partial charge in [0, 0.05) is 24.5 Å². The molecule has 2 aromatic rings. The minimum Gasteiger partial charge on any atom is -0.341 e. The highest BCUT2D eigenvalue weighted by atomic mass is 35.5. The van der Waals surface area contributed by atoms with Gasteiger partial charge in [0.25, 0.3) is 0 Å². The number of fused-ring (bicyclic) bond motifs is 2. The molecule has 3 rings (SSSR count). The average Bonchev–Trinajstić information content (AvgIpc) is 2.65. The van der Waals surface area contributed by atoms with Crippen molar-refractivity contribution in [3.63, 3.8) is 0 Å². The Balaban J connectivity index is 0.00000192. The molecule has 124 valence electrons. The molecule has 0 N–H and O–H groups in total. The van der Waals surface area contributed by atoms with E-state index in [1.54, 1.807) is 0 Å². The van der Waals surface area contributed by atoms with Gasteiger partial charge in [0.2, 0.25) is 0 Å². The second kappa shape index (κ2) is 7.85. The fraction of sp³-hybridized carbons (Fsp3) is 0.400. The molecule has 1 atom stereocenters. The Morgan fingerprint density at radius 1 is 0.913 bits per heavy atom. The molecule has 0 spiro atoms. The Kier molecular flexibility index (Phi) is 6.09. The van der Waals surface area contributed by atoms with Crippen molar-refractivity contribution in [3.8, 4) is 0 Å². The van der Waals surface area contributed by atoms with Crippen LogP contribution in [0.4, 0.5) is 11.4 Å². The average molecular weight is 331 g/mol. The molecule has 1 aliphatic heterocycles. The molecule has 0 fully saturated rings. The fourth-order valence-corrected chi connectivity index (χ4v) is 3.56. The lowest BCUT2D eigenvalue weighted by atomic mass is 10.0. The second-order valence-electron chi connectivity index (χ2n) is 6.74. The monoisotopic (exact) mass is 330 g/mol. The molecule has 23 heavy (non-hydrogen) atoms. The first kappa shape index (κ1) is 17.8. The van der Waals surface area contributed by atoms with Gasteiger partial charge in [0.05, 0.1) is 0 Å². The molecule has 1 aliphatic rings. The summed E-state index contributed by atoms with van der Waals surface area (Å²) in [5.74, 6) is 0.620. The van der Waals surface area contributed by atoms with E-state index in [9.17, 15) is 0 Å². The highest BCUT2D eigenvalue weighted by molar-refractivity contribution is 5.85. The standard InChI is InChI=1S/C20H26N2.ClH/c1-16(14-21(2)3)15-22-19-10-6-4-8-17(19)12-13-18-9-5-7-11-20(18)22;/h4-11,16H,12-15H2,1-3H3;1H. The van der Waals surface area contributed by atoms with E-state index < -0.39 is 0 Å². The predicted octanol–water partition coefficient (Wildman–Crippen LogP) is 4.54. The molecule has 1 unspecified atom stereocenters. The Morgan fingerprint density at radius 3 is 1.87 bits per heavy atom. The SMILES string of the molecule is CC(CN(C)C)CN1c2ccccc2CCc2ccccc21.Cl. The van der Waals surface area contributed by atoms with Crippen molar-refractivity contribution in [3.05, 3.63) is 59.7 Å². The van der Waals surface area contributed by atoms with Gasteiger partial charge >= 0.3 is 0 Å². The summed E-state index contributed by atoms with van der Waals surface area (Å²) in [6, 6.07) is 17.8. The zero-order chi connectivity index (χ0) is 15.5. The minimum absolute atomic E-state index is 0. The Labute approximate surface area is 146 Å². The van der Waals surface area contributed by atoms with E-state index in [1.165, 1.54) is 22.5 Å². The summed E-state index contributed by atoms with van der Waals surface area (Å²) < 4.78 is 0. The van der Waals surface area contributed by atoms with Crippen LogP contribution in [0.15, 0.2) is 48.5 Å². The molecule has 2 nitrogen and oxygen atoms in total. The second-order valence-corrected chi connectivity index (χ2v) is 6.74. The number of halogens is 1. The van der Waals surface area contributed by atoms with Crippen LogP contribution in [-0.2, 0) is 12.8 Å². The number of hydrogen-bond acceptors (Lipinski definition) is 2. The summed E-state index contributed by atoms with van der Waals surface area (Å²) in [4.78, 5) is 4.81. The zero-order valence-corrected chi connectivity index (χ0v) is 15.1. The Morgan fingerprint density at radius 2 is 1.39 bits per heavy atom. The number of aryl methyl sites for hydroxylation is 2. The third-order valence-electron chi connectivity index (χ3n) is 4.40. The largest absolute Gasteiger partial charge is 0.341 e. The Bertz CT molecular complexity index is 592. The summed E-state index contributed by atoms with van der Waals surface area (Å²) in [6.07, 6.45) is 2.26. The normalized spacial score (nSPS) is 14.5. The van der Waals surface area contributed by atoms with E-state index in [4.69, 9.17) is 0 Å². The van der Waals surface area contributed by atoms with Crippen molar-refractivity contribution in [2.75, 3.05) is 32.1 Å². The highest BCUT2D eigenvalue weighted by Gasteiger charge is 2.21. The molecule has 0 bridgehead atoms. The number of hydrogen-bond donors (Lipinski definition) is 0. The van der Waals surface area contributed by atoms with E-state index in [0.717, 1.165) is 25.9 Å². The van der Waals surface area contributed by atoms with Gasteiger partial charge in [-0.05, 0) is 56.1 Å². The Hall–Kier alpha value is -1.51. The van der Waals surface area contributed by atoms with E-state index >= 15 is 0 Å². The summed E-state index contributed by atoms with van der Waals surface area (Å²) in [6.45, 7) is 4.52. The lowest BCUT2D eigenvalue weighted by molar-refractivity contribution is 0.343. The number of para-hydroxylation sites is 2. The smallest absolute Gasteiger partial charge is 0.0443 e. The summed E-state index contributed by atoms with van der Waals surface area (Å²) in [5.41, 5.74) is 5.71. The van der Waals surface area contributed by atoms with Crippen LogP contribution in [0.5, 0.6) is 0 Å². The number of benzene rings is 2. The number of rotatable bonds is 4. The van der Waals surface area contributed by atoms with Gasteiger partial charge in [0.15, 0.2) is 0 Å². The summed E-state index contributed by atoms with van der Waals surface area (Å²) in [5, 5.41) is 0. The third kappa shape index (κ3) is 4.07. The van der Waals surface area contributed by atoms with Crippen LogP contribution in [0.3, 0.4) is 0 Å². The molecule has 0 aromatic heterocycles. The molecule has 0 aliphatic carbocycles. The van der Waals surface area contributed by atoms with Crippen molar-refractivity contribution in [1.82, 2.24) is 4.90 Å². The summed E-state index contributed by atoms with van der Waals surface area (Å²) >= 11 is 0. The molecular weight excluding hydrogens is 304 g/mol. The van der Waals surface area contributed by atoms with Crippen molar-refractivity contribution >= 4 is 23.8 Å². The first-order valence-electron chi connectivity index (χ1n) is 8.23. The van der Waals surface area contributed by atoms with E-state index in [2.05, 4.69) is 79.3 Å². The summed E-state index contributed by atoms with van der Waals surface area (Å²) in [7, 11) is 4.31. The van der Waals surface area contributed by atoms with Crippen LogP contribution in [0.25, 0.3) is 0 Å². The highest BCUT2D eigenvalue weighted by Crippen LogP contribution is 2.36. The maximum Gasteiger partial charge on any atom is 0.0443 e. The minimum atomic E-state index is 0. The van der Waals surface area contributed by atoms with Crippen LogP contribution >= 0.6 is 12.4 Å². The van der Waals surface area contributed by atoms with Crippen molar-refractivity contribution in [2.45, 2.75) is 19.8 Å². The van der Waals surface area contributed by atoms with Crippen LogP contribution in [0.2, 0.25) is 0 Å². The predicted molar refractivity (Wildman–Crippen MR) is 102 cm³/mol. The lowest BCUT2D eigenvalue weighted by Crippen LogP contribution is -2.30. The van der Waals surface area contributed by atoms with Crippen LogP contribution in [-0.4, -0.2) is 32.1 Å². The van der Waals surface area contributed by atoms with Gasteiger partial charge in [-0.2, -0.15) is 0 Å². The van der Waals surface area contributed by atoms with Gasteiger partial charge in [-0.3, -0.25) is 0 Å². The molecule has 0 saturated heterocycles. The van der Waals surface area contributed by atoms with Crippen LogP contribution in [0.1, 0.15) is 18.1 Å². The quantitative estimate of drug-likeness (QED) is 0.812. The first-order valence-corrected chi connectivity index (χ1v) is 8.23. The number of anilines is 2. The maximum absolute atomic E-state index is 2.53. The maximum atomic E-state index is 2.53. The first-order chi connectivity index (χ1) is 10.6. The van der Waals surface area contributed by atoms with Gasteiger partial charge < -0.3 is 9.80 Å². The van der Waals surface area contributed by atoms with Gasteiger partial charge in [-0.15, -0.1) is 12.4 Å². The molecule has 1 heterocycles. The van der Waals surface area contributed by atoms with Crippen LogP contribution in [0, 0.1) is 5.92 Å². The molecule has 0 saturated carbocycles. The lowest BCUT2D eigenvalue weighted by Gasteiger charge is -2.30. The van der Waals surface area contributed by atoms with E-state index in [1.807, 2.05) is 0 Å². The third-order valence-corrected chi connectivity index (χ3v) is 4.40. The topological polar surface area (TPSA) is 6.48 Å². The molecule has 3 heteroatoms. The van der Waals surface area contributed by atoms with Crippen molar-refractivity contribution in [2.24, 2.45) is 5.92 Å². The molecule has 0 amide bonds. The van der Waals surface area contributed by atoms with Crippen molar-refractivity contribution in [1.29, 1.82) is 0 Å². The van der Waals surface area contributed by atoms with Crippen molar-refractivity contribution < 1.29 is 0 Å². The molecule has 0 radical (unpaired) electrons. The molecule has 2 aromatic carbocycles. The van der Waals surface area contributed by atoms with Crippen LogP contribution < -0.4 is 4.90 Å². The van der Waals surface area contributed by atoms with Gasteiger partial charge in [-0.25, -0.2) is 0 Å². The van der Waals surface area contributed by atoms with E-state index in [0.29, 0.717) is 5.92 Å².